The number of nitrogens with zero attached hydrogens (tertiary/aromatic N) is 1. The molecule has 2 rings (SSSR count). The highest BCUT2D eigenvalue weighted by Crippen LogP contribution is 2.27. The number of benzene rings is 1. The van der Waals surface area contributed by atoms with Gasteiger partial charge in [-0.3, -0.25) is 4.79 Å². The molecule has 1 unspecified atom stereocenters. The molecule has 0 radical (unpaired) electrons. The molecule has 0 spiro atoms. The monoisotopic (exact) mass is 267 g/mol. The Morgan fingerprint density at radius 3 is 2.95 bits per heavy atom. The van der Waals surface area contributed by atoms with Gasteiger partial charge in [0.05, 0.1) is 24.0 Å². The van der Waals surface area contributed by atoms with Crippen molar-refractivity contribution in [2.45, 2.75) is 19.4 Å². The van der Waals surface area contributed by atoms with Gasteiger partial charge in [0.15, 0.2) is 0 Å². The SMILES string of the molecule is CCC1CN(c2cc(C(N)=O)c(N)cc2F)CCO1. The van der Waals surface area contributed by atoms with Crippen LogP contribution in [-0.2, 0) is 4.74 Å². The maximum atomic E-state index is 14.0. The van der Waals surface area contributed by atoms with E-state index in [4.69, 9.17) is 16.2 Å². The van der Waals surface area contributed by atoms with Crippen LogP contribution in [-0.4, -0.2) is 31.7 Å². The summed E-state index contributed by atoms with van der Waals surface area (Å²) in [5.41, 5.74) is 11.4. The Balaban J connectivity index is 2.33. The van der Waals surface area contributed by atoms with E-state index in [1.807, 2.05) is 11.8 Å². The molecule has 1 aliphatic rings. The van der Waals surface area contributed by atoms with Crippen LogP contribution in [0.2, 0.25) is 0 Å². The number of primary amides is 1. The lowest BCUT2D eigenvalue weighted by molar-refractivity contribution is 0.0382. The lowest BCUT2D eigenvalue weighted by Crippen LogP contribution is -2.42. The maximum Gasteiger partial charge on any atom is 0.250 e. The normalized spacial score (nSPS) is 19.5. The minimum absolute atomic E-state index is 0.0639. The van der Waals surface area contributed by atoms with Crippen molar-refractivity contribution in [2.24, 2.45) is 5.73 Å². The third-order valence-corrected chi connectivity index (χ3v) is 3.32. The van der Waals surface area contributed by atoms with Crippen LogP contribution >= 0.6 is 0 Å². The minimum Gasteiger partial charge on any atom is -0.398 e. The highest BCUT2D eigenvalue weighted by Gasteiger charge is 2.23. The molecule has 6 heteroatoms. The molecule has 0 aromatic heterocycles. The van der Waals surface area contributed by atoms with Crippen LogP contribution in [0, 0.1) is 5.82 Å². The Bertz CT molecular complexity index is 493. The van der Waals surface area contributed by atoms with Crippen LogP contribution in [0.1, 0.15) is 23.7 Å². The van der Waals surface area contributed by atoms with Crippen molar-refractivity contribution < 1.29 is 13.9 Å². The molecule has 1 aromatic rings. The van der Waals surface area contributed by atoms with Gasteiger partial charge in [-0.15, -0.1) is 0 Å². The molecular formula is C13H18FN3O2. The van der Waals surface area contributed by atoms with Gasteiger partial charge in [-0.1, -0.05) is 6.92 Å². The first-order valence-corrected chi connectivity index (χ1v) is 6.28. The van der Waals surface area contributed by atoms with Crippen LogP contribution < -0.4 is 16.4 Å². The Kier molecular flexibility index (Phi) is 3.90. The summed E-state index contributed by atoms with van der Waals surface area (Å²) >= 11 is 0. The predicted molar refractivity (Wildman–Crippen MR) is 71.6 cm³/mol. The fraction of sp³-hybridized carbons (Fsp3) is 0.462. The van der Waals surface area contributed by atoms with Crippen molar-refractivity contribution in [1.82, 2.24) is 0 Å². The van der Waals surface area contributed by atoms with Crippen LogP contribution in [0.3, 0.4) is 0 Å². The van der Waals surface area contributed by atoms with E-state index in [9.17, 15) is 9.18 Å². The van der Waals surface area contributed by atoms with Gasteiger partial charge in [0.2, 0.25) is 0 Å². The Hall–Kier alpha value is -1.82. The molecule has 1 aromatic carbocycles. The highest BCUT2D eigenvalue weighted by atomic mass is 19.1. The van der Waals surface area contributed by atoms with E-state index in [-0.39, 0.29) is 17.4 Å². The zero-order chi connectivity index (χ0) is 14.0. The molecule has 0 aliphatic carbocycles. The number of hydrogen-bond donors (Lipinski definition) is 2. The van der Waals surface area contributed by atoms with Crippen molar-refractivity contribution in [2.75, 3.05) is 30.3 Å². The first kappa shape index (κ1) is 13.6. The van der Waals surface area contributed by atoms with Crippen molar-refractivity contribution >= 4 is 17.3 Å². The van der Waals surface area contributed by atoms with Gasteiger partial charge < -0.3 is 21.1 Å². The van der Waals surface area contributed by atoms with Gasteiger partial charge in [-0.2, -0.15) is 0 Å². The molecule has 104 valence electrons. The number of carbonyl (C=O) groups excluding carboxylic acids is 1. The number of hydrogen-bond acceptors (Lipinski definition) is 4. The topological polar surface area (TPSA) is 81.6 Å². The fourth-order valence-corrected chi connectivity index (χ4v) is 2.22. The molecule has 0 bridgehead atoms. The fourth-order valence-electron chi connectivity index (χ4n) is 2.22. The Morgan fingerprint density at radius 1 is 1.58 bits per heavy atom. The summed E-state index contributed by atoms with van der Waals surface area (Å²) in [5.74, 6) is -1.10. The molecule has 5 nitrogen and oxygen atoms in total. The minimum atomic E-state index is -0.654. The number of amides is 1. The van der Waals surface area contributed by atoms with Gasteiger partial charge in [0.25, 0.3) is 5.91 Å². The van der Waals surface area contributed by atoms with Gasteiger partial charge in [-0.25, -0.2) is 4.39 Å². The van der Waals surface area contributed by atoms with Gasteiger partial charge in [0.1, 0.15) is 5.82 Å². The molecule has 1 heterocycles. The average Bonchev–Trinajstić information content (AvgIpc) is 2.38. The van der Waals surface area contributed by atoms with Crippen molar-refractivity contribution in [3.63, 3.8) is 0 Å². The van der Waals surface area contributed by atoms with Crippen LogP contribution in [0.4, 0.5) is 15.8 Å². The van der Waals surface area contributed by atoms with Gasteiger partial charge in [-0.05, 0) is 18.6 Å². The van der Waals surface area contributed by atoms with Crippen LogP contribution in [0.5, 0.6) is 0 Å². The zero-order valence-electron chi connectivity index (χ0n) is 10.9. The predicted octanol–water partition coefficient (Wildman–Crippen LogP) is 1.12. The molecule has 1 amide bonds. The summed E-state index contributed by atoms with van der Waals surface area (Å²) < 4.78 is 19.5. The largest absolute Gasteiger partial charge is 0.398 e. The standard InChI is InChI=1S/C13H18FN3O2/c1-2-8-7-17(3-4-19-8)12-5-9(13(16)18)11(15)6-10(12)14/h5-6,8H,2-4,7,15H2,1H3,(H2,16,18). The molecular weight excluding hydrogens is 249 g/mol. The zero-order valence-corrected chi connectivity index (χ0v) is 10.9. The second-order valence-corrected chi connectivity index (χ2v) is 4.60. The average molecular weight is 267 g/mol. The number of ether oxygens (including phenoxy) is 1. The van der Waals surface area contributed by atoms with E-state index in [0.717, 1.165) is 12.5 Å². The number of halogens is 1. The maximum absolute atomic E-state index is 14.0. The van der Waals surface area contributed by atoms with E-state index in [1.165, 1.54) is 6.07 Å². The summed E-state index contributed by atoms with van der Waals surface area (Å²) in [6.07, 6.45) is 0.929. The lowest BCUT2D eigenvalue weighted by Gasteiger charge is -2.34. The molecule has 1 saturated heterocycles. The van der Waals surface area contributed by atoms with E-state index in [2.05, 4.69) is 0 Å². The third kappa shape index (κ3) is 2.78. The Labute approximate surface area is 111 Å². The number of nitrogens with two attached hydrogens (primary N) is 2. The highest BCUT2D eigenvalue weighted by molar-refractivity contribution is 5.99. The number of nitrogen functional groups attached to an aromatic ring is 1. The summed E-state index contributed by atoms with van der Waals surface area (Å²) in [5, 5.41) is 0. The molecule has 4 N–H and O–H groups in total. The van der Waals surface area contributed by atoms with Crippen LogP contribution in [0.15, 0.2) is 12.1 Å². The molecule has 1 fully saturated rings. The third-order valence-electron chi connectivity index (χ3n) is 3.32. The molecule has 19 heavy (non-hydrogen) atoms. The van der Waals surface area contributed by atoms with Gasteiger partial charge >= 0.3 is 0 Å². The summed E-state index contributed by atoms with van der Waals surface area (Å²) in [6, 6.07) is 2.57. The van der Waals surface area contributed by atoms with E-state index in [1.54, 1.807) is 0 Å². The van der Waals surface area contributed by atoms with E-state index >= 15 is 0 Å². The summed E-state index contributed by atoms with van der Waals surface area (Å²) in [6.45, 7) is 3.72. The first-order chi connectivity index (χ1) is 9.02. The number of morpholine rings is 1. The van der Waals surface area contributed by atoms with E-state index in [0.29, 0.717) is 25.4 Å². The van der Waals surface area contributed by atoms with Gasteiger partial charge in [0, 0.05) is 18.8 Å². The smallest absolute Gasteiger partial charge is 0.250 e. The summed E-state index contributed by atoms with van der Waals surface area (Å²) in [7, 11) is 0. The Morgan fingerprint density at radius 2 is 2.32 bits per heavy atom. The molecule has 0 saturated carbocycles. The van der Waals surface area contributed by atoms with Crippen molar-refractivity contribution in [1.29, 1.82) is 0 Å². The summed E-state index contributed by atoms with van der Waals surface area (Å²) in [4.78, 5) is 13.1. The van der Waals surface area contributed by atoms with E-state index < -0.39 is 11.7 Å². The van der Waals surface area contributed by atoms with Crippen molar-refractivity contribution in [3.05, 3.63) is 23.5 Å². The van der Waals surface area contributed by atoms with Crippen LogP contribution in [0.25, 0.3) is 0 Å². The van der Waals surface area contributed by atoms with Crippen molar-refractivity contribution in [3.8, 4) is 0 Å². The number of anilines is 2. The quantitative estimate of drug-likeness (QED) is 0.804. The second kappa shape index (κ2) is 5.44. The molecule has 1 aliphatic heterocycles. The lowest BCUT2D eigenvalue weighted by atomic mass is 10.1. The number of carbonyl (C=O) groups is 1. The number of rotatable bonds is 3. The molecule has 1 atom stereocenters. The first-order valence-electron chi connectivity index (χ1n) is 6.28. The second-order valence-electron chi connectivity index (χ2n) is 4.60.